The highest BCUT2D eigenvalue weighted by Gasteiger charge is 2.45. The van der Waals surface area contributed by atoms with Gasteiger partial charge < -0.3 is 19.4 Å². The minimum absolute atomic E-state index is 0.0459. The molecule has 7 nitrogen and oxygen atoms in total. The third-order valence-corrected chi connectivity index (χ3v) is 6.74. The van der Waals surface area contributed by atoms with Crippen LogP contribution < -0.4 is 0 Å². The first-order valence-corrected chi connectivity index (χ1v) is 11.1. The first-order valence-electron chi connectivity index (χ1n) is 11.1. The minimum Gasteiger partial charge on any atom is -0.375 e. The molecular formula is C23H31N3O4. The highest BCUT2D eigenvalue weighted by molar-refractivity contribution is 6.35. The van der Waals surface area contributed by atoms with E-state index in [0.29, 0.717) is 32.7 Å². The Morgan fingerprint density at radius 2 is 1.73 bits per heavy atom. The van der Waals surface area contributed by atoms with Crippen molar-refractivity contribution in [1.82, 2.24) is 14.7 Å². The van der Waals surface area contributed by atoms with E-state index in [-0.39, 0.29) is 11.5 Å². The number of piperazine rings is 1. The number of unbranched alkanes of at least 4 members (excludes halogenated alkanes) is 1. The maximum atomic E-state index is 13.6. The normalized spacial score (nSPS) is 22.2. The lowest BCUT2D eigenvalue weighted by atomic mass is 9.84. The summed E-state index contributed by atoms with van der Waals surface area (Å²) in [6.45, 7) is 5.55. The van der Waals surface area contributed by atoms with Crippen LogP contribution in [0.25, 0.3) is 0 Å². The van der Waals surface area contributed by atoms with E-state index >= 15 is 0 Å². The Bertz CT molecular complexity index is 783. The second-order valence-corrected chi connectivity index (χ2v) is 8.56. The van der Waals surface area contributed by atoms with Crippen LogP contribution in [-0.4, -0.2) is 77.4 Å². The van der Waals surface area contributed by atoms with Gasteiger partial charge in [0.15, 0.2) is 0 Å². The van der Waals surface area contributed by atoms with Crippen LogP contribution in [0.3, 0.4) is 0 Å². The summed E-state index contributed by atoms with van der Waals surface area (Å²) in [7, 11) is 0. The smallest absolute Gasteiger partial charge is 0.313 e. The minimum atomic E-state index is -0.757. The Hall–Kier alpha value is -2.41. The van der Waals surface area contributed by atoms with E-state index in [0.717, 1.165) is 44.3 Å². The summed E-state index contributed by atoms with van der Waals surface area (Å²) in [6, 6.07) is 8.60. The molecule has 1 spiro atoms. The Morgan fingerprint density at radius 1 is 1.03 bits per heavy atom. The highest BCUT2D eigenvalue weighted by atomic mass is 16.5. The van der Waals surface area contributed by atoms with E-state index in [1.165, 1.54) is 4.90 Å². The molecule has 1 aromatic rings. The largest absolute Gasteiger partial charge is 0.375 e. The molecule has 0 saturated carbocycles. The van der Waals surface area contributed by atoms with E-state index in [4.69, 9.17) is 4.74 Å². The fourth-order valence-electron chi connectivity index (χ4n) is 4.68. The summed E-state index contributed by atoms with van der Waals surface area (Å²) in [5.74, 6) is -1.17. The number of piperidine rings is 1. The fourth-order valence-corrected chi connectivity index (χ4v) is 4.68. The lowest BCUT2D eigenvalue weighted by Crippen LogP contribution is -2.59. The van der Waals surface area contributed by atoms with Gasteiger partial charge in [-0.25, -0.2) is 0 Å². The third-order valence-electron chi connectivity index (χ3n) is 6.74. The van der Waals surface area contributed by atoms with Crippen molar-refractivity contribution in [2.24, 2.45) is 0 Å². The first kappa shape index (κ1) is 20.8. The number of likely N-dealkylation sites (tertiary alicyclic amines) is 1. The monoisotopic (exact) mass is 413 g/mol. The van der Waals surface area contributed by atoms with Crippen LogP contribution in [-0.2, 0) is 19.1 Å². The van der Waals surface area contributed by atoms with Gasteiger partial charge >= 0.3 is 11.8 Å². The molecule has 162 valence electrons. The Labute approximate surface area is 177 Å². The number of ether oxygens (including phenoxy) is 1. The molecule has 3 amide bonds. The van der Waals surface area contributed by atoms with Gasteiger partial charge in [-0.15, -0.1) is 0 Å². The number of carbonyl (C=O) groups excluding carboxylic acids is 3. The van der Waals surface area contributed by atoms with Crippen molar-refractivity contribution >= 4 is 17.7 Å². The predicted molar refractivity (Wildman–Crippen MR) is 111 cm³/mol. The number of hydrogen-bond acceptors (Lipinski definition) is 4. The van der Waals surface area contributed by atoms with Crippen molar-refractivity contribution in [3.8, 4) is 0 Å². The first-order chi connectivity index (χ1) is 14.5. The molecule has 1 unspecified atom stereocenters. The highest BCUT2D eigenvalue weighted by Crippen LogP contribution is 2.38. The quantitative estimate of drug-likeness (QED) is 0.669. The zero-order valence-corrected chi connectivity index (χ0v) is 17.7. The third kappa shape index (κ3) is 3.95. The average Bonchev–Trinajstić information content (AvgIpc) is 2.76. The zero-order chi connectivity index (χ0) is 21.1. The van der Waals surface area contributed by atoms with Gasteiger partial charge in [0.05, 0.1) is 12.2 Å². The van der Waals surface area contributed by atoms with Gasteiger partial charge in [0.1, 0.15) is 6.04 Å². The second-order valence-electron chi connectivity index (χ2n) is 8.56. The fraction of sp³-hybridized carbons (Fsp3) is 0.609. The van der Waals surface area contributed by atoms with Gasteiger partial charge in [-0.2, -0.15) is 0 Å². The van der Waals surface area contributed by atoms with E-state index < -0.39 is 17.9 Å². The molecule has 1 aromatic carbocycles. The van der Waals surface area contributed by atoms with Crippen molar-refractivity contribution < 1.29 is 19.1 Å². The summed E-state index contributed by atoms with van der Waals surface area (Å²) in [5.41, 5.74) is 0.709. The molecule has 3 fully saturated rings. The van der Waals surface area contributed by atoms with E-state index in [1.54, 1.807) is 4.90 Å². The van der Waals surface area contributed by atoms with E-state index in [9.17, 15) is 14.4 Å². The lowest BCUT2D eigenvalue weighted by molar-refractivity contribution is -0.179. The molecule has 4 rings (SSSR count). The topological polar surface area (TPSA) is 70.2 Å². The van der Waals surface area contributed by atoms with Crippen LogP contribution in [0, 0.1) is 0 Å². The standard InChI is InChI=1S/C23H31N3O4/c1-2-3-12-24-15-16-26(22(29)21(24)28)19(18-7-5-4-6-8-18)20(27)25-13-9-23(10-14-25)11-17-30-23/h4-8,19H,2-3,9-17H2,1H3. The number of amides is 3. The molecule has 1 atom stereocenters. The average molecular weight is 414 g/mol. The summed E-state index contributed by atoms with van der Waals surface area (Å²) in [6.07, 6.45) is 4.56. The number of carbonyl (C=O) groups is 3. The number of benzene rings is 1. The van der Waals surface area contributed by atoms with Crippen molar-refractivity contribution in [2.75, 3.05) is 39.3 Å². The van der Waals surface area contributed by atoms with Gasteiger partial charge in [-0.1, -0.05) is 43.7 Å². The Morgan fingerprint density at radius 3 is 2.33 bits per heavy atom. The predicted octanol–water partition coefficient (Wildman–Crippen LogP) is 1.98. The SMILES string of the molecule is CCCCN1CCN(C(C(=O)N2CCC3(CCO3)CC2)c2ccccc2)C(=O)C1=O. The zero-order valence-electron chi connectivity index (χ0n) is 17.7. The summed E-state index contributed by atoms with van der Waals surface area (Å²) >= 11 is 0. The number of nitrogens with zero attached hydrogens (tertiary/aromatic N) is 3. The van der Waals surface area contributed by atoms with Gasteiger partial charge in [0.2, 0.25) is 5.91 Å². The molecular weight excluding hydrogens is 382 g/mol. The van der Waals surface area contributed by atoms with Gasteiger partial charge in [-0.05, 0) is 31.2 Å². The molecule has 0 aromatic heterocycles. The van der Waals surface area contributed by atoms with Gasteiger partial charge in [-0.3, -0.25) is 14.4 Å². The number of rotatable bonds is 6. The molecule has 0 radical (unpaired) electrons. The van der Waals surface area contributed by atoms with Crippen LogP contribution in [0.2, 0.25) is 0 Å². The summed E-state index contributed by atoms with van der Waals surface area (Å²) < 4.78 is 5.77. The van der Waals surface area contributed by atoms with Crippen molar-refractivity contribution in [2.45, 2.75) is 50.7 Å². The molecule has 0 bridgehead atoms. The molecule has 7 heteroatoms. The molecule has 0 aliphatic carbocycles. The van der Waals surface area contributed by atoms with Crippen LogP contribution in [0.4, 0.5) is 0 Å². The molecule has 0 N–H and O–H groups in total. The summed E-state index contributed by atoms with van der Waals surface area (Å²) in [4.78, 5) is 44.2. The molecule has 30 heavy (non-hydrogen) atoms. The molecule has 3 aliphatic heterocycles. The number of hydrogen-bond donors (Lipinski definition) is 0. The van der Waals surface area contributed by atoms with E-state index in [2.05, 4.69) is 6.92 Å². The maximum absolute atomic E-state index is 13.6. The molecule has 3 aliphatic rings. The Kier molecular flexibility index (Phi) is 6.09. The van der Waals surface area contributed by atoms with Crippen molar-refractivity contribution in [1.29, 1.82) is 0 Å². The summed E-state index contributed by atoms with van der Waals surface area (Å²) in [5, 5.41) is 0. The second kappa shape index (κ2) is 8.76. The molecule has 3 heterocycles. The van der Waals surface area contributed by atoms with Crippen molar-refractivity contribution in [3.05, 3.63) is 35.9 Å². The van der Waals surface area contributed by atoms with Gasteiger partial charge in [0, 0.05) is 32.7 Å². The van der Waals surface area contributed by atoms with E-state index in [1.807, 2.05) is 35.2 Å². The lowest BCUT2D eigenvalue weighted by Gasteiger charge is -2.48. The van der Waals surface area contributed by atoms with Gasteiger partial charge in [0.25, 0.3) is 0 Å². The molecule has 3 saturated heterocycles. The van der Waals surface area contributed by atoms with Crippen molar-refractivity contribution in [3.63, 3.8) is 0 Å². The van der Waals surface area contributed by atoms with Crippen LogP contribution >= 0.6 is 0 Å². The van der Waals surface area contributed by atoms with Crippen LogP contribution in [0.1, 0.15) is 50.6 Å². The van der Waals surface area contributed by atoms with Crippen LogP contribution in [0.5, 0.6) is 0 Å². The van der Waals surface area contributed by atoms with Crippen LogP contribution in [0.15, 0.2) is 30.3 Å². The Balaban J connectivity index is 1.53. The maximum Gasteiger partial charge on any atom is 0.313 e.